The summed E-state index contributed by atoms with van der Waals surface area (Å²) < 4.78 is 5.32. The Morgan fingerprint density at radius 1 is 1.17 bits per heavy atom. The second-order valence-electron chi connectivity index (χ2n) is 10.7. The third kappa shape index (κ3) is 8.53. The molecule has 3 unspecified atom stereocenters. The van der Waals surface area contributed by atoms with Crippen LogP contribution in [0.2, 0.25) is 0 Å². The van der Waals surface area contributed by atoms with Crippen molar-refractivity contribution in [3.8, 4) is 0 Å². The van der Waals surface area contributed by atoms with E-state index in [1.807, 2.05) is 45.0 Å². The van der Waals surface area contributed by atoms with Crippen LogP contribution in [0.4, 0.5) is 4.79 Å². The normalized spacial score (nSPS) is 16.2. The molecule has 2 rings (SSSR count). The smallest absolute Gasteiger partial charge is 0.408 e. The number of nitrogens with zero attached hydrogens (tertiary/aromatic N) is 1. The number of benzene rings is 1. The first-order chi connectivity index (χ1) is 16.8. The second-order valence-corrected chi connectivity index (χ2v) is 10.7. The number of hydrogen-bond acceptors (Lipinski definition) is 5. The van der Waals surface area contributed by atoms with Crippen molar-refractivity contribution in [3.05, 3.63) is 35.4 Å². The first-order valence-electron chi connectivity index (χ1n) is 12.8. The van der Waals surface area contributed by atoms with Crippen molar-refractivity contribution in [2.75, 3.05) is 0 Å². The number of carbonyl (C=O) groups excluding carboxylic acids is 4. The predicted molar refractivity (Wildman–Crippen MR) is 138 cm³/mol. The molecule has 200 valence electrons. The molecule has 0 radical (unpaired) electrons. The van der Waals surface area contributed by atoms with Crippen molar-refractivity contribution in [1.82, 2.24) is 15.5 Å². The van der Waals surface area contributed by atoms with E-state index >= 15 is 0 Å². The van der Waals surface area contributed by atoms with Crippen LogP contribution in [0.15, 0.2) is 24.3 Å². The zero-order chi connectivity index (χ0) is 27.0. The highest BCUT2D eigenvalue weighted by atomic mass is 16.6. The Balaban J connectivity index is 2.49. The predicted octanol–water partition coefficient (Wildman–Crippen LogP) is 3.49. The maximum atomic E-state index is 14.0. The molecule has 4 amide bonds. The third-order valence-electron chi connectivity index (χ3n) is 6.11. The van der Waals surface area contributed by atoms with E-state index in [0.29, 0.717) is 5.56 Å². The molecule has 1 saturated carbocycles. The van der Waals surface area contributed by atoms with Gasteiger partial charge >= 0.3 is 6.09 Å². The zero-order valence-corrected chi connectivity index (χ0v) is 22.4. The van der Waals surface area contributed by atoms with Gasteiger partial charge in [-0.2, -0.15) is 0 Å². The molecule has 0 bridgehead atoms. The average Bonchev–Trinajstić information content (AvgIpc) is 2.69. The number of rotatable bonds is 11. The molecular weight excluding hydrogens is 460 g/mol. The largest absolute Gasteiger partial charge is 0.444 e. The number of alkyl carbamates (subject to hydrolysis) is 1. The molecule has 36 heavy (non-hydrogen) atoms. The third-order valence-corrected chi connectivity index (χ3v) is 6.11. The molecule has 9 nitrogen and oxygen atoms in total. The summed E-state index contributed by atoms with van der Waals surface area (Å²) in [6, 6.07) is 5.03. The summed E-state index contributed by atoms with van der Waals surface area (Å²) in [6.07, 6.45) is 2.83. The van der Waals surface area contributed by atoms with Gasteiger partial charge in [0.15, 0.2) is 0 Å². The molecular formula is C27H42N4O5. The number of hydrogen-bond donors (Lipinski definition) is 3. The number of ether oxygens (including phenoxy) is 1. The van der Waals surface area contributed by atoms with E-state index < -0.39 is 42.0 Å². The van der Waals surface area contributed by atoms with Crippen LogP contribution < -0.4 is 16.4 Å². The molecule has 0 heterocycles. The molecule has 1 aliphatic rings. The standard InChI is InChI=1S/C27H42N4O5/c1-7-10-18(3)29-24(33)23(19-12-8-11-17(2)15-19)31(20-13-9-14-20)25(34)21(16-22(28)32)30-26(35)36-27(4,5)6/h8,11-12,15,18,20-21,23H,7,9-10,13-14,16H2,1-6H3,(H2,28,32)(H,29,33)(H,30,35). The van der Waals surface area contributed by atoms with E-state index in [2.05, 4.69) is 10.6 Å². The number of primary amides is 1. The lowest BCUT2D eigenvalue weighted by molar-refractivity contribution is -0.148. The van der Waals surface area contributed by atoms with E-state index in [1.165, 1.54) is 4.90 Å². The summed E-state index contributed by atoms with van der Waals surface area (Å²) in [5.41, 5.74) is 6.27. The molecule has 0 spiro atoms. The SMILES string of the molecule is CCCC(C)NC(=O)C(c1cccc(C)c1)N(C(=O)C(CC(N)=O)NC(=O)OC(C)(C)C)C1CCC1. The summed E-state index contributed by atoms with van der Waals surface area (Å²) in [5, 5.41) is 5.57. The molecule has 1 aromatic carbocycles. The number of aryl methyl sites for hydroxylation is 1. The first kappa shape index (κ1) is 29.1. The lowest BCUT2D eigenvalue weighted by atomic mass is 9.87. The van der Waals surface area contributed by atoms with Gasteiger partial charge < -0.3 is 26.0 Å². The monoisotopic (exact) mass is 502 g/mol. The first-order valence-corrected chi connectivity index (χ1v) is 12.8. The summed E-state index contributed by atoms with van der Waals surface area (Å²) in [4.78, 5) is 53.6. The highest BCUT2D eigenvalue weighted by Crippen LogP contribution is 2.34. The molecule has 1 fully saturated rings. The van der Waals surface area contributed by atoms with Gasteiger partial charge in [0, 0.05) is 12.1 Å². The fourth-order valence-corrected chi connectivity index (χ4v) is 4.32. The van der Waals surface area contributed by atoms with Gasteiger partial charge in [0.2, 0.25) is 17.7 Å². The fraction of sp³-hybridized carbons (Fsp3) is 0.630. The maximum absolute atomic E-state index is 14.0. The summed E-state index contributed by atoms with van der Waals surface area (Å²) in [6.45, 7) is 11.0. The summed E-state index contributed by atoms with van der Waals surface area (Å²) in [5.74, 6) is -1.57. The Kier molecular flexibility index (Phi) is 10.3. The number of amides is 4. The highest BCUT2D eigenvalue weighted by molar-refractivity contribution is 5.94. The Hall–Kier alpha value is -3.10. The van der Waals surface area contributed by atoms with Crippen LogP contribution in [0.25, 0.3) is 0 Å². The fourth-order valence-electron chi connectivity index (χ4n) is 4.32. The molecule has 1 aliphatic carbocycles. The minimum atomic E-state index is -1.26. The summed E-state index contributed by atoms with van der Waals surface area (Å²) in [7, 11) is 0. The minimum absolute atomic E-state index is 0.0746. The Bertz CT molecular complexity index is 938. The van der Waals surface area contributed by atoms with Crippen molar-refractivity contribution < 1.29 is 23.9 Å². The van der Waals surface area contributed by atoms with Crippen molar-refractivity contribution >= 4 is 23.8 Å². The van der Waals surface area contributed by atoms with Crippen LogP contribution in [0.5, 0.6) is 0 Å². The molecule has 0 saturated heterocycles. The van der Waals surface area contributed by atoms with Crippen LogP contribution in [0.1, 0.15) is 90.3 Å². The topological polar surface area (TPSA) is 131 Å². The lowest BCUT2D eigenvalue weighted by Crippen LogP contribution is -2.58. The molecule has 4 N–H and O–H groups in total. The van der Waals surface area contributed by atoms with Crippen molar-refractivity contribution in [2.24, 2.45) is 5.73 Å². The molecule has 0 aromatic heterocycles. The van der Waals surface area contributed by atoms with Gasteiger partial charge in [0.25, 0.3) is 0 Å². The van der Waals surface area contributed by atoms with Crippen LogP contribution >= 0.6 is 0 Å². The lowest BCUT2D eigenvalue weighted by Gasteiger charge is -2.43. The quantitative estimate of drug-likeness (QED) is 0.426. The average molecular weight is 503 g/mol. The summed E-state index contributed by atoms with van der Waals surface area (Å²) >= 11 is 0. The van der Waals surface area contributed by atoms with Crippen LogP contribution in [-0.4, -0.2) is 52.4 Å². The van der Waals surface area contributed by atoms with E-state index in [9.17, 15) is 19.2 Å². The Morgan fingerprint density at radius 3 is 2.33 bits per heavy atom. The molecule has 1 aromatic rings. The van der Waals surface area contributed by atoms with Gasteiger partial charge in [-0.05, 0) is 65.9 Å². The van der Waals surface area contributed by atoms with Crippen molar-refractivity contribution in [1.29, 1.82) is 0 Å². The van der Waals surface area contributed by atoms with Gasteiger partial charge in [-0.1, -0.05) is 43.2 Å². The van der Waals surface area contributed by atoms with Gasteiger partial charge in [0.1, 0.15) is 17.7 Å². The van der Waals surface area contributed by atoms with Gasteiger partial charge in [-0.15, -0.1) is 0 Å². The highest BCUT2D eigenvalue weighted by Gasteiger charge is 2.42. The van der Waals surface area contributed by atoms with Crippen LogP contribution in [0, 0.1) is 6.92 Å². The number of carbonyl (C=O) groups is 4. The molecule has 3 atom stereocenters. The van der Waals surface area contributed by atoms with E-state index in [-0.39, 0.29) is 18.0 Å². The van der Waals surface area contributed by atoms with Gasteiger partial charge in [-0.25, -0.2) is 4.79 Å². The van der Waals surface area contributed by atoms with E-state index in [1.54, 1.807) is 20.8 Å². The van der Waals surface area contributed by atoms with Gasteiger partial charge in [-0.3, -0.25) is 14.4 Å². The second kappa shape index (κ2) is 12.7. The molecule has 0 aliphatic heterocycles. The minimum Gasteiger partial charge on any atom is -0.444 e. The van der Waals surface area contributed by atoms with E-state index in [4.69, 9.17) is 10.5 Å². The zero-order valence-electron chi connectivity index (χ0n) is 22.4. The Labute approximate surface area is 214 Å². The van der Waals surface area contributed by atoms with Crippen LogP contribution in [-0.2, 0) is 19.1 Å². The van der Waals surface area contributed by atoms with Crippen LogP contribution in [0.3, 0.4) is 0 Å². The number of nitrogens with two attached hydrogens (primary N) is 1. The number of nitrogens with one attached hydrogen (secondary N) is 2. The van der Waals surface area contributed by atoms with Crippen molar-refractivity contribution in [3.63, 3.8) is 0 Å². The maximum Gasteiger partial charge on any atom is 0.408 e. The van der Waals surface area contributed by atoms with Crippen molar-refractivity contribution in [2.45, 2.75) is 110 Å². The Morgan fingerprint density at radius 2 is 1.83 bits per heavy atom. The molecule has 9 heteroatoms. The van der Waals surface area contributed by atoms with E-state index in [0.717, 1.165) is 37.7 Å². The van der Waals surface area contributed by atoms with Gasteiger partial charge in [0.05, 0.1) is 6.42 Å².